The van der Waals surface area contributed by atoms with Gasteiger partial charge in [0.1, 0.15) is 6.04 Å². The van der Waals surface area contributed by atoms with Crippen LogP contribution in [0.25, 0.3) is 0 Å². The van der Waals surface area contributed by atoms with E-state index in [-0.39, 0.29) is 11.4 Å². The summed E-state index contributed by atoms with van der Waals surface area (Å²) in [6, 6.07) is 1.28. The Hall–Kier alpha value is -1.75. The first-order chi connectivity index (χ1) is 9.69. The van der Waals surface area contributed by atoms with Crippen molar-refractivity contribution >= 4 is 33.3 Å². The number of hydrogen-bond donors (Lipinski definition) is 3. The summed E-state index contributed by atoms with van der Waals surface area (Å²) in [7, 11) is -4.46. The van der Waals surface area contributed by atoms with Crippen molar-refractivity contribution in [3.63, 3.8) is 0 Å². The molecule has 21 heavy (non-hydrogen) atoms. The van der Waals surface area contributed by atoms with Crippen LogP contribution in [-0.2, 0) is 14.8 Å². The van der Waals surface area contributed by atoms with Gasteiger partial charge in [0.25, 0.3) is 5.69 Å². The number of carbonyl (C=O) groups is 1. The summed E-state index contributed by atoms with van der Waals surface area (Å²) in [6.07, 6.45) is -0.379. The number of carboxylic acids is 1. The second-order valence-corrected chi connectivity index (χ2v) is 6.01. The van der Waals surface area contributed by atoms with Crippen molar-refractivity contribution in [3.8, 4) is 0 Å². The smallest absolute Gasteiger partial charge is 0.321 e. The van der Waals surface area contributed by atoms with E-state index in [4.69, 9.17) is 21.8 Å². The standard InChI is InChI=1S/C10H11ClN2O7S/c11-6-1-2-9(8(5-6)13(17)18)21(19,20)12-7(3-4-14)10(15)16/h1-2,5,7,12,14H,3-4H2,(H,15,16)/t7-/m1/s1. The minimum Gasteiger partial charge on any atom is -0.480 e. The van der Waals surface area contributed by atoms with Crippen LogP contribution in [0.3, 0.4) is 0 Å². The molecule has 0 aromatic heterocycles. The molecule has 0 heterocycles. The molecule has 0 spiro atoms. The summed E-state index contributed by atoms with van der Waals surface area (Å²) in [5.41, 5.74) is -0.775. The molecule has 1 rings (SSSR count). The van der Waals surface area contributed by atoms with Gasteiger partial charge in [-0.15, -0.1) is 0 Å². The largest absolute Gasteiger partial charge is 0.480 e. The number of nitro benzene ring substituents is 1. The molecule has 0 radical (unpaired) electrons. The number of nitrogens with zero attached hydrogens (tertiary/aromatic N) is 1. The van der Waals surface area contributed by atoms with E-state index in [0.29, 0.717) is 0 Å². The van der Waals surface area contributed by atoms with Crippen molar-refractivity contribution in [1.29, 1.82) is 0 Å². The van der Waals surface area contributed by atoms with Crippen molar-refractivity contribution in [2.45, 2.75) is 17.4 Å². The molecule has 116 valence electrons. The van der Waals surface area contributed by atoms with Crippen LogP contribution in [0, 0.1) is 10.1 Å². The lowest BCUT2D eigenvalue weighted by Crippen LogP contribution is -2.41. The van der Waals surface area contributed by atoms with Gasteiger partial charge in [-0.05, 0) is 18.6 Å². The Balaban J connectivity index is 3.25. The Morgan fingerprint density at radius 3 is 2.57 bits per heavy atom. The molecule has 0 amide bonds. The third-order valence-electron chi connectivity index (χ3n) is 2.42. The average Bonchev–Trinajstić information content (AvgIpc) is 2.37. The van der Waals surface area contributed by atoms with Crippen LogP contribution >= 0.6 is 11.6 Å². The lowest BCUT2D eigenvalue weighted by molar-refractivity contribution is -0.387. The summed E-state index contributed by atoms with van der Waals surface area (Å²) in [5, 5.41) is 28.4. The van der Waals surface area contributed by atoms with Crippen LogP contribution in [0.4, 0.5) is 5.69 Å². The molecule has 0 aliphatic carbocycles. The summed E-state index contributed by atoms with van der Waals surface area (Å²) in [4.78, 5) is 20.1. The molecular formula is C10H11ClN2O7S. The number of aliphatic carboxylic acids is 1. The number of hydrogen-bond acceptors (Lipinski definition) is 6. The molecule has 11 heteroatoms. The molecule has 0 aliphatic rings. The van der Waals surface area contributed by atoms with E-state index < -0.39 is 44.1 Å². The van der Waals surface area contributed by atoms with E-state index in [1.807, 2.05) is 0 Å². The predicted octanol–water partition coefficient (Wildman–Crippen LogP) is 0.362. The van der Waals surface area contributed by atoms with Crippen molar-refractivity contribution in [3.05, 3.63) is 33.3 Å². The molecule has 0 aliphatic heterocycles. The van der Waals surface area contributed by atoms with Gasteiger partial charge in [0.15, 0.2) is 4.90 Å². The van der Waals surface area contributed by atoms with Gasteiger partial charge in [0.2, 0.25) is 10.0 Å². The highest BCUT2D eigenvalue weighted by Crippen LogP contribution is 2.27. The van der Waals surface area contributed by atoms with Crippen molar-refractivity contribution in [2.24, 2.45) is 0 Å². The van der Waals surface area contributed by atoms with E-state index in [2.05, 4.69) is 0 Å². The number of halogens is 1. The minimum absolute atomic E-state index is 0.0363. The number of benzene rings is 1. The number of nitro groups is 1. The van der Waals surface area contributed by atoms with E-state index >= 15 is 0 Å². The van der Waals surface area contributed by atoms with E-state index in [9.17, 15) is 23.3 Å². The van der Waals surface area contributed by atoms with Crippen molar-refractivity contribution < 1.29 is 28.3 Å². The van der Waals surface area contributed by atoms with Crippen LogP contribution in [-0.4, -0.2) is 42.2 Å². The van der Waals surface area contributed by atoms with Crippen molar-refractivity contribution in [1.82, 2.24) is 4.72 Å². The van der Waals surface area contributed by atoms with Crippen LogP contribution in [0.1, 0.15) is 6.42 Å². The van der Waals surface area contributed by atoms with Gasteiger partial charge >= 0.3 is 5.97 Å². The highest BCUT2D eigenvalue weighted by atomic mass is 35.5. The Kier molecular flexibility index (Phi) is 5.61. The maximum absolute atomic E-state index is 12.1. The highest BCUT2D eigenvalue weighted by Gasteiger charge is 2.30. The number of aliphatic hydroxyl groups excluding tert-OH is 1. The lowest BCUT2D eigenvalue weighted by Gasteiger charge is -2.13. The van der Waals surface area contributed by atoms with Gasteiger partial charge in [-0.2, -0.15) is 4.72 Å². The van der Waals surface area contributed by atoms with Gasteiger partial charge < -0.3 is 10.2 Å². The number of rotatable bonds is 7. The van der Waals surface area contributed by atoms with E-state index in [1.165, 1.54) is 0 Å². The Bertz CT molecular complexity index is 661. The number of sulfonamides is 1. The predicted molar refractivity (Wildman–Crippen MR) is 71.6 cm³/mol. The van der Waals surface area contributed by atoms with Gasteiger partial charge in [0.05, 0.1) is 4.92 Å². The Morgan fingerprint density at radius 1 is 1.48 bits per heavy atom. The monoisotopic (exact) mass is 338 g/mol. The molecular weight excluding hydrogens is 328 g/mol. The first-order valence-corrected chi connectivity index (χ1v) is 7.35. The van der Waals surface area contributed by atoms with E-state index in [0.717, 1.165) is 18.2 Å². The fraction of sp³-hybridized carbons (Fsp3) is 0.300. The summed E-state index contributed by atoms with van der Waals surface area (Å²) >= 11 is 5.57. The first-order valence-electron chi connectivity index (χ1n) is 5.49. The van der Waals surface area contributed by atoms with Crippen LogP contribution < -0.4 is 4.72 Å². The molecule has 1 aromatic carbocycles. The van der Waals surface area contributed by atoms with Crippen LogP contribution in [0.15, 0.2) is 23.1 Å². The fourth-order valence-electron chi connectivity index (χ4n) is 1.47. The second kappa shape index (κ2) is 6.80. The van der Waals surface area contributed by atoms with Gasteiger partial charge in [-0.1, -0.05) is 11.6 Å². The third-order valence-corrected chi connectivity index (χ3v) is 4.17. The van der Waals surface area contributed by atoms with Gasteiger partial charge in [0, 0.05) is 17.7 Å². The number of carboxylic acid groups (broad SMARTS) is 1. The quantitative estimate of drug-likeness (QED) is 0.480. The number of aliphatic hydroxyl groups is 1. The molecule has 1 atom stereocenters. The summed E-state index contributed by atoms with van der Waals surface area (Å²) < 4.78 is 25.9. The second-order valence-electron chi connectivity index (χ2n) is 3.89. The average molecular weight is 339 g/mol. The zero-order valence-corrected chi connectivity index (χ0v) is 12.0. The zero-order valence-electron chi connectivity index (χ0n) is 10.4. The van der Waals surface area contributed by atoms with Gasteiger partial charge in [-0.25, -0.2) is 8.42 Å². The normalized spacial score (nSPS) is 12.9. The molecule has 0 unspecified atom stereocenters. The van der Waals surface area contributed by atoms with E-state index in [1.54, 1.807) is 4.72 Å². The lowest BCUT2D eigenvalue weighted by atomic mass is 10.2. The van der Waals surface area contributed by atoms with Crippen LogP contribution in [0.2, 0.25) is 5.02 Å². The molecule has 0 bridgehead atoms. The maximum Gasteiger partial charge on any atom is 0.321 e. The first kappa shape index (κ1) is 17.3. The molecule has 9 nitrogen and oxygen atoms in total. The minimum atomic E-state index is -4.46. The maximum atomic E-state index is 12.1. The summed E-state index contributed by atoms with van der Waals surface area (Å²) in [6.45, 7) is -0.567. The topological polar surface area (TPSA) is 147 Å². The van der Waals surface area contributed by atoms with Crippen molar-refractivity contribution in [2.75, 3.05) is 6.61 Å². The zero-order chi connectivity index (χ0) is 16.2. The number of nitrogens with one attached hydrogen (secondary N) is 1. The SMILES string of the molecule is O=C(O)[C@@H](CCO)NS(=O)(=O)c1ccc(Cl)cc1[N+](=O)[O-]. The Morgan fingerprint density at radius 2 is 2.10 bits per heavy atom. The molecule has 1 aromatic rings. The third kappa shape index (κ3) is 4.36. The molecule has 0 saturated carbocycles. The highest BCUT2D eigenvalue weighted by molar-refractivity contribution is 7.89. The fourth-order valence-corrected chi connectivity index (χ4v) is 3.02. The van der Waals surface area contributed by atoms with Crippen LogP contribution in [0.5, 0.6) is 0 Å². The Labute approximate surface area is 124 Å². The van der Waals surface area contributed by atoms with Gasteiger partial charge in [-0.3, -0.25) is 14.9 Å². The molecule has 0 saturated heterocycles. The molecule has 0 fully saturated rings. The molecule has 3 N–H and O–H groups in total. The summed E-state index contributed by atoms with van der Waals surface area (Å²) in [5.74, 6) is -1.51.